The molecule has 3 nitrogen and oxygen atoms in total. The smallest absolute Gasteiger partial charge is 0.261 e. The second-order valence-corrected chi connectivity index (χ2v) is 14.5. The average molecular weight is 489 g/mol. The van der Waals surface area contributed by atoms with Crippen molar-refractivity contribution in [3.8, 4) is 0 Å². The summed E-state index contributed by atoms with van der Waals surface area (Å²) in [5, 5.41) is 2.64. The minimum atomic E-state index is -2.45. The van der Waals surface area contributed by atoms with Gasteiger partial charge in [0.25, 0.3) is 8.32 Å². The van der Waals surface area contributed by atoms with Crippen molar-refractivity contribution >= 4 is 24.5 Å². The number of hydrogen-bond donors (Lipinski definition) is 0. The van der Waals surface area contributed by atoms with Crippen molar-refractivity contribution in [3.05, 3.63) is 96.6 Å². The topological polar surface area (TPSA) is 35.5 Å². The molecule has 0 aliphatic rings. The lowest BCUT2D eigenvalue weighted by Gasteiger charge is -2.43. The fourth-order valence-electron chi connectivity index (χ4n) is 4.69. The Kier molecular flexibility index (Phi) is 10.5. The van der Waals surface area contributed by atoms with Crippen LogP contribution in [0, 0.1) is 0 Å². The summed E-state index contributed by atoms with van der Waals surface area (Å²) in [5.74, 6) is 0.185. The molecule has 0 saturated carbocycles. The molecular formula is C31H40O3Si. The van der Waals surface area contributed by atoms with Gasteiger partial charge >= 0.3 is 0 Å². The van der Waals surface area contributed by atoms with Gasteiger partial charge in [0, 0.05) is 13.0 Å². The second-order valence-electron chi connectivity index (χ2n) is 10.2. The number of Topliss-reactive ketones (excluding diaryl/α,β-unsaturated/α-hetero) is 1. The van der Waals surface area contributed by atoms with Crippen LogP contribution in [-0.2, 0) is 20.6 Å². The summed E-state index contributed by atoms with van der Waals surface area (Å²) in [6, 6.07) is 31.5. The molecule has 0 atom stereocenters. The monoisotopic (exact) mass is 488 g/mol. The number of benzene rings is 3. The van der Waals surface area contributed by atoms with Crippen LogP contribution < -0.4 is 10.4 Å². The fourth-order valence-corrected chi connectivity index (χ4v) is 9.30. The lowest BCUT2D eigenvalue weighted by atomic mass is 10.1. The molecule has 0 N–H and O–H groups in total. The van der Waals surface area contributed by atoms with E-state index in [9.17, 15) is 4.79 Å². The van der Waals surface area contributed by atoms with Crippen molar-refractivity contribution < 1.29 is 14.0 Å². The lowest BCUT2D eigenvalue weighted by molar-refractivity contribution is -0.124. The van der Waals surface area contributed by atoms with Crippen LogP contribution in [0.4, 0.5) is 0 Å². The molecule has 0 bridgehead atoms. The van der Waals surface area contributed by atoms with E-state index in [-0.39, 0.29) is 17.4 Å². The predicted molar refractivity (Wildman–Crippen MR) is 148 cm³/mol. The maximum absolute atomic E-state index is 12.1. The Bertz CT molecular complexity index is 958. The Morgan fingerprint density at radius 2 is 1.23 bits per heavy atom. The fraction of sp³-hybridized carbons (Fsp3) is 0.387. The van der Waals surface area contributed by atoms with Gasteiger partial charge in [0.15, 0.2) is 5.78 Å². The molecule has 0 fully saturated rings. The number of rotatable bonds is 14. The van der Waals surface area contributed by atoms with Gasteiger partial charge in [0.2, 0.25) is 0 Å². The molecule has 4 heteroatoms. The summed E-state index contributed by atoms with van der Waals surface area (Å²) in [5.41, 5.74) is 1.10. The van der Waals surface area contributed by atoms with E-state index in [2.05, 4.69) is 81.4 Å². The van der Waals surface area contributed by atoms with Gasteiger partial charge in [-0.2, -0.15) is 0 Å². The molecule has 3 rings (SSSR count). The van der Waals surface area contributed by atoms with Crippen molar-refractivity contribution in [1.29, 1.82) is 0 Å². The maximum Gasteiger partial charge on any atom is 0.261 e. The molecule has 0 spiro atoms. The van der Waals surface area contributed by atoms with Crippen LogP contribution in [0.15, 0.2) is 91.0 Å². The number of hydrogen-bond acceptors (Lipinski definition) is 3. The number of unbranched alkanes of at least 4 members (excludes halogenated alkanes) is 3. The minimum Gasteiger partial charge on any atom is -0.407 e. The quantitative estimate of drug-likeness (QED) is 0.197. The highest BCUT2D eigenvalue weighted by Gasteiger charge is 2.49. The van der Waals surface area contributed by atoms with Crippen LogP contribution in [0.1, 0.15) is 58.4 Å². The van der Waals surface area contributed by atoms with E-state index < -0.39 is 8.32 Å². The van der Waals surface area contributed by atoms with Crippen molar-refractivity contribution in [2.45, 2.75) is 64.5 Å². The third-order valence-electron chi connectivity index (χ3n) is 6.46. The highest BCUT2D eigenvalue weighted by atomic mass is 28.4. The van der Waals surface area contributed by atoms with Crippen LogP contribution in [-0.4, -0.2) is 27.3 Å². The van der Waals surface area contributed by atoms with E-state index in [1.165, 1.54) is 10.4 Å². The van der Waals surface area contributed by atoms with Gasteiger partial charge in [-0.3, -0.25) is 4.79 Å². The highest BCUT2D eigenvalue weighted by molar-refractivity contribution is 6.99. The molecule has 35 heavy (non-hydrogen) atoms. The number of carbonyl (C=O) groups is 1. The molecule has 0 amide bonds. The van der Waals surface area contributed by atoms with Crippen LogP contribution in [0.2, 0.25) is 5.04 Å². The third-order valence-corrected chi connectivity index (χ3v) is 11.5. The van der Waals surface area contributed by atoms with Gasteiger partial charge in [-0.15, -0.1) is 0 Å². The molecule has 0 heterocycles. The van der Waals surface area contributed by atoms with Crippen LogP contribution >= 0.6 is 0 Å². The lowest BCUT2D eigenvalue weighted by Crippen LogP contribution is -2.66. The molecule has 0 radical (unpaired) electrons. The molecule has 0 aromatic heterocycles. The molecule has 0 aliphatic carbocycles. The van der Waals surface area contributed by atoms with Gasteiger partial charge < -0.3 is 9.16 Å². The van der Waals surface area contributed by atoms with Gasteiger partial charge in [-0.1, -0.05) is 125 Å². The van der Waals surface area contributed by atoms with E-state index >= 15 is 0 Å². The van der Waals surface area contributed by atoms with E-state index in [0.717, 1.165) is 37.9 Å². The predicted octanol–water partition coefficient (Wildman–Crippen LogP) is 6.30. The Labute approximate surface area is 212 Å². The Balaban J connectivity index is 1.46. The normalized spacial score (nSPS) is 12.0. The largest absolute Gasteiger partial charge is 0.407 e. The summed E-state index contributed by atoms with van der Waals surface area (Å²) in [7, 11) is -2.45. The second kappa shape index (κ2) is 13.5. The standard InChI is InChI=1S/C31H40O3Si/c1-31(2,3)35(29-20-12-7-13-21-29,30-22-14-8-15-23-30)34-24-16-5-4-11-19-28(32)26-33-25-27-17-9-6-10-18-27/h6-10,12-15,17-18,20-23H,4-5,11,16,19,24-26H2,1-3H3. The van der Waals surface area contributed by atoms with E-state index in [1.54, 1.807) is 0 Å². The summed E-state index contributed by atoms with van der Waals surface area (Å²) < 4.78 is 12.5. The number of carbonyl (C=O) groups excluding carboxylic acids is 1. The van der Waals surface area contributed by atoms with Gasteiger partial charge in [-0.25, -0.2) is 0 Å². The Hall–Kier alpha value is -2.53. The Morgan fingerprint density at radius 3 is 1.77 bits per heavy atom. The SMILES string of the molecule is CC(C)(C)[Si](OCCCCCCC(=O)COCc1ccccc1)(c1ccccc1)c1ccccc1. The van der Waals surface area contributed by atoms with Crippen LogP contribution in [0.5, 0.6) is 0 Å². The molecule has 3 aromatic rings. The third kappa shape index (κ3) is 7.73. The molecule has 0 saturated heterocycles. The first-order valence-corrected chi connectivity index (χ1v) is 14.7. The van der Waals surface area contributed by atoms with E-state index in [4.69, 9.17) is 9.16 Å². The zero-order valence-electron chi connectivity index (χ0n) is 21.5. The first-order chi connectivity index (χ1) is 16.9. The first-order valence-electron chi connectivity index (χ1n) is 12.8. The van der Waals surface area contributed by atoms with Crippen molar-refractivity contribution in [2.24, 2.45) is 0 Å². The maximum atomic E-state index is 12.1. The summed E-state index contributed by atoms with van der Waals surface area (Å²) in [6.07, 6.45) is 4.60. The molecule has 0 aliphatic heterocycles. The average Bonchev–Trinajstić information content (AvgIpc) is 2.87. The molecule has 3 aromatic carbocycles. The summed E-state index contributed by atoms with van der Waals surface area (Å²) in [4.78, 5) is 12.1. The molecule has 186 valence electrons. The van der Waals surface area contributed by atoms with Gasteiger partial charge in [0.1, 0.15) is 6.61 Å². The van der Waals surface area contributed by atoms with E-state index in [0.29, 0.717) is 13.0 Å². The first kappa shape index (κ1) is 27.1. The summed E-state index contributed by atoms with van der Waals surface area (Å²) in [6.45, 7) is 8.36. The number of ether oxygens (including phenoxy) is 1. The zero-order valence-corrected chi connectivity index (χ0v) is 22.5. The van der Waals surface area contributed by atoms with Crippen LogP contribution in [0.25, 0.3) is 0 Å². The van der Waals surface area contributed by atoms with E-state index in [1.807, 2.05) is 30.3 Å². The summed E-state index contributed by atoms with van der Waals surface area (Å²) >= 11 is 0. The van der Waals surface area contributed by atoms with Crippen molar-refractivity contribution in [3.63, 3.8) is 0 Å². The van der Waals surface area contributed by atoms with Crippen LogP contribution in [0.3, 0.4) is 0 Å². The van der Waals surface area contributed by atoms with Gasteiger partial charge in [-0.05, 0) is 33.8 Å². The number of ketones is 1. The molecular weight excluding hydrogens is 448 g/mol. The van der Waals surface area contributed by atoms with Crippen molar-refractivity contribution in [2.75, 3.05) is 13.2 Å². The van der Waals surface area contributed by atoms with Gasteiger partial charge in [0.05, 0.1) is 6.61 Å². The highest BCUT2D eigenvalue weighted by Crippen LogP contribution is 2.36. The minimum absolute atomic E-state index is 0.00186. The molecule has 0 unspecified atom stereocenters. The zero-order chi connectivity index (χ0) is 25.0. The van der Waals surface area contributed by atoms with Crippen molar-refractivity contribution in [1.82, 2.24) is 0 Å². The Morgan fingerprint density at radius 1 is 0.714 bits per heavy atom.